The zero-order valence-electron chi connectivity index (χ0n) is 41.7. The first-order valence-electron chi connectivity index (χ1n) is 0. The van der Waals surface area contributed by atoms with Crippen LogP contribution in [-0.2, 0) is 2700 Å². The molecule has 0 atom stereocenters. The van der Waals surface area contributed by atoms with E-state index >= 15 is 0 Å². The van der Waals surface area contributed by atoms with Crippen molar-refractivity contribution in [2.45, 2.75) is 0 Å². The van der Waals surface area contributed by atoms with Gasteiger partial charge in [-0.15, -0.1) is 0 Å². The van der Waals surface area contributed by atoms with Crippen molar-refractivity contribution in [3.63, 3.8) is 0 Å². The van der Waals surface area contributed by atoms with Crippen LogP contribution in [0, 0.1) is 0 Å². The van der Waals surface area contributed by atoms with Crippen LogP contribution in [0.2, 0.25) is 0 Å². The Labute approximate surface area is 2610 Å². The number of rotatable bonds is 0. The summed E-state index contributed by atoms with van der Waals surface area (Å²) < 4.78 is 0. The van der Waals surface area contributed by atoms with Crippen molar-refractivity contribution in [2.75, 3.05) is 0 Å². The van der Waals surface area contributed by atoms with Gasteiger partial charge in [-0.25, -0.2) is 0 Å². The second kappa shape index (κ2) is 1350. The Kier molecular flexibility index (Phi) is 14000. The third-order valence-corrected chi connectivity index (χ3v) is 0. The van der Waals surface area contributed by atoms with E-state index < -0.39 is 0 Å². The predicted molar refractivity (Wildman–Crippen MR) is 0 cm³/mol. The molecule has 0 aliphatic heterocycles. The first-order valence-corrected chi connectivity index (χ1v) is 0. The Morgan fingerprint density at radius 1 is 0.00758 bits per heavy atom. The Hall–Kier alpha value is 87.4. The minimum Gasteiger partial charge on any atom is 0 e. The van der Waals surface area contributed by atoms with Crippen LogP contribution in [0.5, 0.6) is 0 Å². The molecule has 0 aliphatic carbocycles. The summed E-state index contributed by atoms with van der Waals surface area (Å²) >= 11 is 0. The van der Waals surface area contributed by atoms with Gasteiger partial charge in [0.15, 0.2) is 0 Å². The van der Waals surface area contributed by atoms with Crippen LogP contribution in [0.25, 0.3) is 0 Å². The van der Waals surface area contributed by atoms with Gasteiger partial charge in [-0.2, -0.15) is 0 Å². The summed E-state index contributed by atoms with van der Waals surface area (Å²) in [4.78, 5) is 0. The summed E-state index contributed by atoms with van der Waals surface area (Å²) in [5.74, 6) is 0. The third-order valence-electron chi connectivity index (χ3n) is 0. The molecular formula is Pd132. The molecule has 0 aromatic carbocycles. The maximum absolute atomic E-state index is 0. The predicted octanol–water partition coefficient (Wildman–Crippen LogP) is -0.330. The molecule has 0 aromatic rings. The molecule has 0 bridgehead atoms. The topological polar surface area (TPSA) is 0 Å². The van der Waals surface area contributed by atoms with Crippen LogP contribution in [0.3, 0.4) is 0 Å². The van der Waals surface area contributed by atoms with Gasteiger partial charge in [-0.05, 0) is 0 Å². The smallest absolute Gasteiger partial charge is 0 e. The van der Waals surface area contributed by atoms with Crippen LogP contribution in [-0.4, -0.2) is 0 Å². The Balaban J connectivity index is 0. The molecule has 0 saturated carbocycles. The van der Waals surface area contributed by atoms with E-state index in [-0.39, 0.29) is 2700 Å². The standard InChI is InChI=1S/132Pd. The van der Waals surface area contributed by atoms with Gasteiger partial charge in [0.2, 0.25) is 0 Å². The molecule has 0 N–H and O–H groups in total. The molecule has 0 aromatic heterocycles. The second-order valence-electron chi connectivity index (χ2n) is 0. The van der Waals surface area contributed by atoms with Crippen molar-refractivity contribution in [3.8, 4) is 0 Å². The van der Waals surface area contributed by atoms with Gasteiger partial charge >= 0.3 is 0 Å². The van der Waals surface area contributed by atoms with Gasteiger partial charge in [-0.3, -0.25) is 0 Å². The molecule has 132 heteroatoms. The van der Waals surface area contributed by atoms with Crippen molar-refractivity contribution < 1.29 is 2700 Å². The van der Waals surface area contributed by atoms with Gasteiger partial charge < -0.3 is 0 Å². The summed E-state index contributed by atoms with van der Waals surface area (Å²) in [7, 11) is 0. The van der Waals surface area contributed by atoms with Crippen molar-refractivity contribution in [3.05, 3.63) is 0 Å². The maximum atomic E-state index is 0. The molecule has 0 nitrogen and oxygen atoms in total. The zero-order chi connectivity index (χ0) is 0. The molecule has 0 heterocycles. The van der Waals surface area contributed by atoms with Crippen LogP contribution < -0.4 is 0 Å². The normalized spacial score (nSPS) is 0. The quantitative estimate of drug-likeness (QED) is 0.292. The van der Waals surface area contributed by atoms with Crippen molar-refractivity contribution in [2.24, 2.45) is 0 Å². The summed E-state index contributed by atoms with van der Waals surface area (Å²) in [6.45, 7) is 0. The van der Waals surface area contributed by atoms with E-state index in [1.54, 1.807) is 0 Å². The summed E-state index contributed by atoms with van der Waals surface area (Å²) in [6.07, 6.45) is 0. The van der Waals surface area contributed by atoms with Gasteiger partial charge in [-0.1, -0.05) is 0 Å². The van der Waals surface area contributed by atoms with E-state index in [4.69, 9.17) is 0 Å². The van der Waals surface area contributed by atoms with E-state index in [9.17, 15) is 0 Å². The molecule has 1320 valence electrons. The van der Waals surface area contributed by atoms with Crippen LogP contribution in [0.4, 0.5) is 0 Å². The van der Waals surface area contributed by atoms with E-state index in [1.807, 2.05) is 0 Å². The largest absolute Gasteiger partial charge is 0 e. The van der Waals surface area contributed by atoms with Crippen LogP contribution in [0.15, 0.2) is 0 Å². The minimum absolute atomic E-state index is 0. The average Bonchev–Trinajstić information content (AvgIpc) is 0. The van der Waals surface area contributed by atoms with Crippen molar-refractivity contribution in [1.29, 1.82) is 0 Å². The minimum atomic E-state index is 0. The van der Waals surface area contributed by atoms with E-state index in [0.29, 0.717) is 0 Å². The second-order valence-corrected chi connectivity index (χ2v) is 0. The zero-order valence-corrected chi connectivity index (χ0v) is 247. The summed E-state index contributed by atoms with van der Waals surface area (Å²) in [5.41, 5.74) is 0. The molecule has 0 fully saturated rings. The van der Waals surface area contributed by atoms with Crippen molar-refractivity contribution >= 4 is 0 Å². The van der Waals surface area contributed by atoms with Gasteiger partial charge in [0, 0.05) is 2700 Å². The number of hydrogen-bond donors (Lipinski definition) is 0. The summed E-state index contributed by atoms with van der Waals surface area (Å²) in [5, 5.41) is 0. The summed E-state index contributed by atoms with van der Waals surface area (Å²) in [6, 6.07) is 0. The van der Waals surface area contributed by atoms with Crippen LogP contribution in [0.1, 0.15) is 0 Å². The first-order chi connectivity index (χ1) is 0. The number of hydrogen-bond acceptors (Lipinski definition) is 0. The maximum Gasteiger partial charge on any atom is 0 e. The molecular weight excluding hydrogens is 14000 g/mol. The van der Waals surface area contributed by atoms with Gasteiger partial charge in [0.05, 0.1) is 0 Å². The molecule has 0 saturated heterocycles. The molecule has 0 aliphatic rings. The Morgan fingerprint density at radius 2 is 0.00758 bits per heavy atom. The molecule has 0 radical (unpaired) electrons. The van der Waals surface area contributed by atoms with Gasteiger partial charge in [0.25, 0.3) is 0 Å². The fourth-order valence-corrected chi connectivity index (χ4v) is 0. The van der Waals surface area contributed by atoms with Crippen molar-refractivity contribution in [1.82, 2.24) is 0 Å². The Morgan fingerprint density at radius 3 is 0.00758 bits per heavy atom. The molecule has 0 amide bonds. The van der Waals surface area contributed by atoms with Crippen LogP contribution >= 0.6 is 0 Å². The van der Waals surface area contributed by atoms with E-state index in [2.05, 4.69) is 0 Å². The van der Waals surface area contributed by atoms with E-state index in [1.165, 1.54) is 0 Å². The molecule has 0 unspecified atom stereocenters. The molecule has 0 rings (SSSR count). The third kappa shape index (κ3) is 1330. The first kappa shape index (κ1) is 1370. The SMILES string of the molecule is [Pd].[Pd].[Pd].[Pd].[Pd].[Pd].[Pd].[Pd].[Pd].[Pd].[Pd].[Pd].[Pd].[Pd].[Pd].[Pd].[Pd].[Pd].[Pd].[Pd].[Pd].[Pd].[Pd].[Pd].[Pd].[Pd].[Pd].[Pd].[Pd].[Pd].[Pd].[Pd].[Pd].[Pd].[Pd].[Pd].[Pd].[Pd].[Pd].[Pd].[Pd].[Pd].[Pd].[Pd].[Pd].[Pd].[Pd].[Pd].[Pd].[Pd].[Pd].[Pd].[Pd].[Pd].[Pd].[Pd].[Pd].[Pd].[Pd].[Pd].[Pd].[Pd].[Pd].[Pd].[Pd].[Pd].[Pd].[Pd].[Pd].[Pd].[Pd].[Pd].[Pd].[Pd].[Pd].[Pd].[Pd].[Pd].[Pd].[Pd].[Pd].[Pd].[Pd].[Pd].[Pd].[Pd].[Pd].[Pd].[Pd].[Pd].[Pd].[Pd].[Pd].[Pd].[Pd].[Pd].[Pd].[Pd].[Pd].[Pd].[Pd].[Pd].[Pd].[Pd].[Pd].[Pd].[Pd].[Pd].[Pd].[Pd].[Pd].[Pd].[Pd].[Pd].[Pd].[Pd].[Pd].[Pd].[Pd].[Pd].[Pd].[Pd].[Pd].[Pd].[Pd].[Pd].[Pd].[Pd].[Pd].[Pd].[Pd].[Pd]. The Bertz CT molecular complexity index is 0. The fourth-order valence-electron chi connectivity index (χ4n) is 0. The molecule has 132 heavy (non-hydrogen) atoms. The average molecular weight is 14000 g/mol. The van der Waals surface area contributed by atoms with Gasteiger partial charge in [0.1, 0.15) is 0 Å². The fraction of sp³-hybridized carbons (Fsp3) is 0. The molecule has 0 spiro atoms. The van der Waals surface area contributed by atoms with E-state index in [0.717, 1.165) is 0 Å². The monoisotopic (exact) mass is 14000 g/mol.